The quantitative estimate of drug-likeness (QED) is 0.889. The Hall–Kier alpha value is -1.66. The second-order valence-electron chi connectivity index (χ2n) is 5.76. The van der Waals surface area contributed by atoms with Crippen molar-refractivity contribution >= 4 is 22.4 Å². The highest BCUT2D eigenvalue weighted by Crippen LogP contribution is 2.30. The summed E-state index contributed by atoms with van der Waals surface area (Å²) in [6, 6.07) is 2.17. The van der Waals surface area contributed by atoms with Crippen LogP contribution in [-0.4, -0.2) is 41.0 Å². The van der Waals surface area contributed by atoms with E-state index in [1.807, 2.05) is 24.4 Å². The Bertz CT molecular complexity index is 657. The van der Waals surface area contributed by atoms with Crippen molar-refractivity contribution in [2.75, 3.05) is 26.0 Å². The van der Waals surface area contributed by atoms with Gasteiger partial charge in [0.15, 0.2) is 5.13 Å². The summed E-state index contributed by atoms with van der Waals surface area (Å²) in [5.41, 5.74) is 4.56. The van der Waals surface area contributed by atoms with Crippen LogP contribution in [-0.2, 0) is 11.3 Å². The van der Waals surface area contributed by atoms with Crippen molar-refractivity contribution in [3.05, 3.63) is 22.8 Å². The lowest BCUT2D eigenvalue weighted by molar-refractivity contribution is -0.116. The molecule has 0 radical (unpaired) electrons. The number of rotatable bonds is 6. The SMILES string of the molecule is CCCn1c(C)cc(-c2csc(NC(=O)CN(C)C)n2)c1C. The van der Waals surface area contributed by atoms with Crippen molar-refractivity contribution in [1.29, 1.82) is 0 Å². The van der Waals surface area contributed by atoms with Gasteiger partial charge in [-0.1, -0.05) is 6.92 Å². The highest BCUT2D eigenvalue weighted by molar-refractivity contribution is 7.14. The monoisotopic (exact) mass is 320 g/mol. The van der Waals surface area contributed by atoms with Gasteiger partial charge < -0.3 is 14.8 Å². The van der Waals surface area contributed by atoms with E-state index in [0.717, 1.165) is 24.2 Å². The molecule has 120 valence electrons. The summed E-state index contributed by atoms with van der Waals surface area (Å²) in [5, 5.41) is 5.51. The molecule has 0 saturated carbocycles. The van der Waals surface area contributed by atoms with Crippen LogP contribution in [0.3, 0.4) is 0 Å². The number of nitrogens with zero attached hydrogens (tertiary/aromatic N) is 3. The average molecular weight is 320 g/mol. The van der Waals surface area contributed by atoms with Crippen molar-refractivity contribution in [2.24, 2.45) is 0 Å². The first kappa shape index (κ1) is 16.7. The lowest BCUT2D eigenvalue weighted by atomic mass is 10.2. The van der Waals surface area contributed by atoms with Crippen LogP contribution in [0, 0.1) is 13.8 Å². The number of hydrogen-bond acceptors (Lipinski definition) is 4. The molecule has 0 spiro atoms. The Labute approximate surface area is 136 Å². The number of likely N-dealkylation sites (N-methyl/N-ethyl adjacent to an activating group) is 1. The van der Waals surface area contributed by atoms with E-state index >= 15 is 0 Å². The first-order chi connectivity index (χ1) is 10.4. The summed E-state index contributed by atoms with van der Waals surface area (Å²) >= 11 is 1.47. The summed E-state index contributed by atoms with van der Waals surface area (Å²) in [4.78, 5) is 18.2. The number of carbonyl (C=O) groups excluding carboxylic acids is 1. The van der Waals surface area contributed by atoms with Gasteiger partial charge >= 0.3 is 0 Å². The first-order valence-electron chi connectivity index (χ1n) is 7.49. The molecule has 22 heavy (non-hydrogen) atoms. The molecule has 0 aliphatic heterocycles. The van der Waals surface area contributed by atoms with E-state index in [9.17, 15) is 4.79 Å². The number of nitrogens with one attached hydrogen (secondary N) is 1. The van der Waals surface area contributed by atoms with Gasteiger partial charge in [-0.2, -0.15) is 0 Å². The van der Waals surface area contributed by atoms with Gasteiger partial charge in [0.2, 0.25) is 5.91 Å². The van der Waals surface area contributed by atoms with E-state index in [-0.39, 0.29) is 5.91 Å². The van der Waals surface area contributed by atoms with Crippen LogP contribution in [0.4, 0.5) is 5.13 Å². The maximum atomic E-state index is 11.8. The largest absolute Gasteiger partial charge is 0.348 e. The Morgan fingerprint density at radius 3 is 2.77 bits per heavy atom. The number of hydrogen-bond donors (Lipinski definition) is 1. The normalized spacial score (nSPS) is 11.2. The molecule has 2 rings (SSSR count). The lowest BCUT2D eigenvalue weighted by Crippen LogP contribution is -2.26. The third-order valence-electron chi connectivity index (χ3n) is 3.51. The van der Waals surface area contributed by atoms with Crippen LogP contribution in [0.25, 0.3) is 11.3 Å². The van der Waals surface area contributed by atoms with Crippen LogP contribution in [0.15, 0.2) is 11.4 Å². The predicted octanol–water partition coefficient (Wildman–Crippen LogP) is 3.14. The molecule has 1 N–H and O–H groups in total. The van der Waals surface area contributed by atoms with Crippen LogP contribution < -0.4 is 5.32 Å². The van der Waals surface area contributed by atoms with Gasteiger partial charge in [-0.3, -0.25) is 4.79 Å². The zero-order valence-electron chi connectivity index (χ0n) is 13.9. The predicted molar refractivity (Wildman–Crippen MR) is 92.5 cm³/mol. The van der Waals surface area contributed by atoms with Gasteiger partial charge in [0.05, 0.1) is 12.2 Å². The second-order valence-corrected chi connectivity index (χ2v) is 6.62. The fourth-order valence-electron chi connectivity index (χ4n) is 2.53. The lowest BCUT2D eigenvalue weighted by Gasteiger charge is -2.08. The van der Waals surface area contributed by atoms with Crippen LogP contribution in [0.5, 0.6) is 0 Å². The number of anilines is 1. The summed E-state index contributed by atoms with van der Waals surface area (Å²) in [5.74, 6) is -0.0395. The molecule has 2 aromatic rings. The van der Waals surface area contributed by atoms with Crippen molar-refractivity contribution in [2.45, 2.75) is 33.7 Å². The van der Waals surface area contributed by atoms with Gasteiger partial charge in [-0.15, -0.1) is 11.3 Å². The van der Waals surface area contributed by atoms with E-state index in [1.165, 1.54) is 22.7 Å². The zero-order valence-corrected chi connectivity index (χ0v) is 14.8. The highest BCUT2D eigenvalue weighted by Gasteiger charge is 2.14. The van der Waals surface area contributed by atoms with Gasteiger partial charge in [0.25, 0.3) is 0 Å². The molecular weight excluding hydrogens is 296 g/mol. The van der Waals surface area contributed by atoms with Crippen LogP contribution in [0.1, 0.15) is 24.7 Å². The fourth-order valence-corrected chi connectivity index (χ4v) is 3.26. The number of aryl methyl sites for hydroxylation is 1. The topological polar surface area (TPSA) is 50.2 Å². The van der Waals surface area contributed by atoms with E-state index in [1.54, 1.807) is 0 Å². The summed E-state index contributed by atoms with van der Waals surface area (Å²) in [6.07, 6.45) is 1.11. The molecule has 0 aliphatic rings. The van der Waals surface area contributed by atoms with Gasteiger partial charge in [0.1, 0.15) is 0 Å². The first-order valence-corrected chi connectivity index (χ1v) is 8.37. The molecule has 0 saturated heterocycles. The van der Waals surface area contributed by atoms with E-state index in [0.29, 0.717) is 11.7 Å². The van der Waals surface area contributed by atoms with E-state index < -0.39 is 0 Å². The smallest absolute Gasteiger partial charge is 0.240 e. The number of aromatic nitrogens is 2. The summed E-state index contributed by atoms with van der Waals surface area (Å²) in [7, 11) is 3.74. The molecule has 0 fully saturated rings. The van der Waals surface area contributed by atoms with Gasteiger partial charge in [-0.25, -0.2) is 4.98 Å². The third kappa shape index (κ3) is 3.75. The third-order valence-corrected chi connectivity index (χ3v) is 4.26. The van der Waals surface area contributed by atoms with Crippen molar-refractivity contribution < 1.29 is 4.79 Å². The minimum atomic E-state index is -0.0395. The molecular formula is C16H24N4OS. The molecule has 0 bridgehead atoms. The van der Waals surface area contributed by atoms with Gasteiger partial charge in [-0.05, 0) is 40.4 Å². The molecule has 6 heteroatoms. The van der Waals surface area contributed by atoms with Crippen molar-refractivity contribution in [3.8, 4) is 11.3 Å². The van der Waals surface area contributed by atoms with E-state index in [2.05, 4.69) is 41.7 Å². The summed E-state index contributed by atoms with van der Waals surface area (Å²) in [6.45, 7) is 7.81. The van der Waals surface area contributed by atoms with Crippen molar-refractivity contribution in [3.63, 3.8) is 0 Å². The maximum absolute atomic E-state index is 11.8. The summed E-state index contributed by atoms with van der Waals surface area (Å²) < 4.78 is 2.32. The Morgan fingerprint density at radius 1 is 1.41 bits per heavy atom. The van der Waals surface area contributed by atoms with Crippen LogP contribution >= 0.6 is 11.3 Å². The Kier molecular flexibility index (Phi) is 5.37. The standard InChI is InChI=1S/C16H24N4OS/c1-6-7-20-11(2)8-13(12(20)3)14-10-22-16(17-14)18-15(21)9-19(4)5/h8,10H,6-7,9H2,1-5H3,(H,17,18,21). The Balaban J connectivity index is 2.18. The maximum Gasteiger partial charge on any atom is 0.240 e. The molecule has 0 aromatic carbocycles. The molecule has 1 amide bonds. The molecule has 0 atom stereocenters. The number of carbonyl (C=O) groups is 1. The van der Waals surface area contributed by atoms with Gasteiger partial charge in [0, 0.05) is 28.9 Å². The average Bonchev–Trinajstić information content (AvgIpc) is 2.97. The Morgan fingerprint density at radius 2 is 2.14 bits per heavy atom. The molecule has 5 nitrogen and oxygen atoms in total. The fraction of sp³-hybridized carbons (Fsp3) is 0.500. The molecule has 2 heterocycles. The van der Waals surface area contributed by atoms with Crippen LogP contribution in [0.2, 0.25) is 0 Å². The molecule has 0 unspecified atom stereocenters. The number of thiazole rings is 1. The zero-order chi connectivity index (χ0) is 16.3. The van der Waals surface area contributed by atoms with E-state index in [4.69, 9.17) is 0 Å². The molecule has 2 aromatic heterocycles. The molecule has 0 aliphatic carbocycles. The minimum Gasteiger partial charge on any atom is -0.348 e. The van der Waals surface area contributed by atoms with Crippen molar-refractivity contribution in [1.82, 2.24) is 14.5 Å². The number of amides is 1. The highest BCUT2D eigenvalue weighted by atomic mass is 32.1. The minimum absolute atomic E-state index is 0.0395. The second kappa shape index (κ2) is 7.07.